The van der Waals surface area contributed by atoms with Crippen molar-refractivity contribution in [3.63, 3.8) is 0 Å². The van der Waals surface area contributed by atoms with Crippen LogP contribution in [0.2, 0.25) is 0 Å². The summed E-state index contributed by atoms with van der Waals surface area (Å²) in [6.45, 7) is -0.478. The first-order valence-electron chi connectivity index (χ1n) is 4.77. The highest BCUT2D eigenvalue weighted by molar-refractivity contribution is 9.10. The highest BCUT2D eigenvalue weighted by atomic mass is 79.9. The molecule has 0 bridgehead atoms. The fourth-order valence-electron chi connectivity index (χ4n) is 1.18. The van der Waals surface area contributed by atoms with Gasteiger partial charge >= 0.3 is 5.97 Å². The van der Waals surface area contributed by atoms with Crippen molar-refractivity contribution in [3.8, 4) is 0 Å². The van der Waals surface area contributed by atoms with E-state index < -0.39 is 33.3 Å². The van der Waals surface area contributed by atoms with Gasteiger partial charge in [-0.2, -0.15) is 4.31 Å². The largest absolute Gasteiger partial charge is 0.468 e. The summed E-state index contributed by atoms with van der Waals surface area (Å²) in [7, 11) is -1.74. The molecule has 100 valence electrons. The second-order valence-electron chi connectivity index (χ2n) is 3.41. The number of esters is 1. The van der Waals surface area contributed by atoms with E-state index in [2.05, 4.69) is 20.7 Å². The number of likely N-dealkylation sites (N-methyl/N-ethyl adjacent to an activating group) is 1. The molecule has 1 aromatic rings. The van der Waals surface area contributed by atoms with Gasteiger partial charge in [0.1, 0.15) is 17.3 Å². The van der Waals surface area contributed by atoms with Crippen molar-refractivity contribution in [3.05, 3.63) is 28.5 Å². The molecule has 18 heavy (non-hydrogen) atoms. The average Bonchev–Trinajstić information content (AvgIpc) is 2.28. The third-order valence-electron chi connectivity index (χ3n) is 2.16. The van der Waals surface area contributed by atoms with Crippen molar-refractivity contribution in [2.24, 2.45) is 0 Å². The predicted octanol–water partition coefficient (Wildman–Crippen LogP) is 1.38. The highest BCUT2D eigenvalue weighted by Gasteiger charge is 2.26. The van der Waals surface area contributed by atoms with Crippen LogP contribution >= 0.6 is 15.9 Å². The predicted molar refractivity (Wildman–Crippen MR) is 65.9 cm³/mol. The Morgan fingerprint density at radius 1 is 1.50 bits per heavy atom. The quantitative estimate of drug-likeness (QED) is 0.777. The van der Waals surface area contributed by atoms with Crippen LogP contribution in [0.15, 0.2) is 27.6 Å². The molecule has 0 aliphatic rings. The first-order valence-corrected chi connectivity index (χ1v) is 7.00. The molecular weight excluding hydrogens is 329 g/mol. The summed E-state index contributed by atoms with van der Waals surface area (Å²) in [5.74, 6) is -1.61. The summed E-state index contributed by atoms with van der Waals surface area (Å²) in [5, 5.41) is 0. The molecule has 5 nitrogen and oxygen atoms in total. The number of benzene rings is 1. The fourth-order valence-corrected chi connectivity index (χ4v) is 2.67. The maximum absolute atomic E-state index is 13.6. The Bertz CT molecular complexity index is 561. The molecule has 8 heteroatoms. The van der Waals surface area contributed by atoms with Gasteiger partial charge in [-0.3, -0.25) is 4.79 Å². The van der Waals surface area contributed by atoms with Crippen LogP contribution in [0, 0.1) is 5.82 Å². The van der Waals surface area contributed by atoms with Crippen LogP contribution in [0.1, 0.15) is 0 Å². The lowest BCUT2D eigenvalue weighted by atomic mass is 10.3. The summed E-state index contributed by atoms with van der Waals surface area (Å²) in [5.41, 5.74) is 0. The number of rotatable bonds is 4. The molecule has 0 aliphatic heterocycles. The zero-order valence-electron chi connectivity index (χ0n) is 9.68. The van der Waals surface area contributed by atoms with E-state index in [4.69, 9.17) is 0 Å². The summed E-state index contributed by atoms with van der Waals surface area (Å²) >= 11 is 3.03. The lowest BCUT2D eigenvalue weighted by Crippen LogP contribution is -2.33. The van der Waals surface area contributed by atoms with Gasteiger partial charge in [0.15, 0.2) is 0 Å². The Labute approximate surface area is 113 Å². The molecule has 0 aromatic heterocycles. The standard InChI is InChI=1S/C10H11BrFNO4S/c1-13(6-10(14)17-2)18(15,16)9-4-3-7(11)5-8(9)12/h3-5H,6H2,1-2H3. The first-order chi connectivity index (χ1) is 8.28. The van der Waals surface area contributed by atoms with E-state index in [1.165, 1.54) is 13.1 Å². The molecule has 0 atom stereocenters. The Balaban J connectivity index is 3.09. The van der Waals surface area contributed by atoms with Crippen LogP contribution in [0.25, 0.3) is 0 Å². The smallest absolute Gasteiger partial charge is 0.321 e. The van der Waals surface area contributed by atoms with Crippen molar-refractivity contribution in [2.75, 3.05) is 20.7 Å². The van der Waals surface area contributed by atoms with Gasteiger partial charge in [0.05, 0.1) is 7.11 Å². The SMILES string of the molecule is COC(=O)CN(C)S(=O)(=O)c1ccc(Br)cc1F. The van der Waals surface area contributed by atoms with E-state index in [9.17, 15) is 17.6 Å². The Hall–Kier alpha value is -0.990. The second-order valence-corrected chi connectivity index (χ2v) is 6.34. The molecule has 0 aliphatic carbocycles. The summed E-state index contributed by atoms with van der Waals surface area (Å²) in [4.78, 5) is 10.5. The molecule has 0 saturated heterocycles. The summed E-state index contributed by atoms with van der Waals surface area (Å²) < 4.78 is 43.0. The molecule has 0 N–H and O–H groups in total. The van der Waals surface area contributed by atoms with Crippen LogP contribution in [-0.4, -0.2) is 39.4 Å². The lowest BCUT2D eigenvalue weighted by molar-refractivity contribution is -0.140. The van der Waals surface area contributed by atoms with E-state index in [0.29, 0.717) is 4.47 Å². The molecular formula is C10H11BrFNO4S. The monoisotopic (exact) mass is 339 g/mol. The molecule has 1 aromatic carbocycles. The van der Waals surface area contributed by atoms with Gasteiger partial charge in [0.2, 0.25) is 10.0 Å². The lowest BCUT2D eigenvalue weighted by Gasteiger charge is -2.16. The van der Waals surface area contributed by atoms with Crippen molar-refractivity contribution >= 4 is 31.9 Å². The van der Waals surface area contributed by atoms with Gasteiger partial charge in [-0.05, 0) is 18.2 Å². The average molecular weight is 340 g/mol. The molecule has 0 fully saturated rings. The number of sulfonamides is 1. The number of methoxy groups -OCH3 is 1. The third kappa shape index (κ3) is 3.27. The van der Waals surface area contributed by atoms with E-state index in [-0.39, 0.29) is 0 Å². The number of hydrogen-bond donors (Lipinski definition) is 0. The van der Waals surface area contributed by atoms with Crippen molar-refractivity contribution in [2.45, 2.75) is 4.90 Å². The van der Waals surface area contributed by atoms with E-state index in [1.807, 2.05) is 0 Å². The van der Waals surface area contributed by atoms with Crippen molar-refractivity contribution < 1.29 is 22.3 Å². The van der Waals surface area contributed by atoms with Crippen molar-refractivity contribution in [1.82, 2.24) is 4.31 Å². The molecule has 0 unspecified atom stereocenters. The minimum Gasteiger partial charge on any atom is -0.468 e. The Kier molecular flexibility index (Phi) is 4.83. The highest BCUT2D eigenvalue weighted by Crippen LogP contribution is 2.21. The summed E-state index contributed by atoms with van der Waals surface area (Å²) in [6.07, 6.45) is 0. The van der Waals surface area contributed by atoms with Gasteiger partial charge in [-0.25, -0.2) is 12.8 Å². The molecule has 1 rings (SSSR count). The molecule has 0 saturated carbocycles. The van der Waals surface area contributed by atoms with E-state index in [0.717, 1.165) is 23.5 Å². The maximum Gasteiger partial charge on any atom is 0.321 e. The third-order valence-corrected chi connectivity index (χ3v) is 4.49. The molecule has 0 heterocycles. The second kappa shape index (κ2) is 5.77. The van der Waals surface area contributed by atoms with Crippen LogP contribution in [-0.2, 0) is 19.6 Å². The van der Waals surface area contributed by atoms with E-state index in [1.54, 1.807) is 0 Å². The number of ether oxygens (including phenoxy) is 1. The Morgan fingerprint density at radius 3 is 2.61 bits per heavy atom. The Morgan fingerprint density at radius 2 is 2.11 bits per heavy atom. The zero-order chi connectivity index (χ0) is 13.9. The maximum atomic E-state index is 13.6. The van der Waals surface area contributed by atoms with Crippen LogP contribution in [0.5, 0.6) is 0 Å². The number of carbonyl (C=O) groups excluding carboxylic acids is 1. The van der Waals surface area contributed by atoms with Gasteiger partial charge in [-0.15, -0.1) is 0 Å². The van der Waals surface area contributed by atoms with Gasteiger partial charge in [0.25, 0.3) is 0 Å². The van der Waals surface area contributed by atoms with Crippen LogP contribution in [0.4, 0.5) is 4.39 Å². The summed E-state index contributed by atoms with van der Waals surface area (Å²) in [6, 6.07) is 3.57. The van der Waals surface area contributed by atoms with Crippen LogP contribution < -0.4 is 0 Å². The zero-order valence-corrected chi connectivity index (χ0v) is 12.1. The van der Waals surface area contributed by atoms with Gasteiger partial charge < -0.3 is 4.74 Å². The molecule has 0 amide bonds. The minimum absolute atomic E-state index is 0.426. The number of carbonyl (C=O) groups is 1. The van der Waals surface area contributed by atoms with Crippen LogP contribution in [0.3, 0.4) is 0 Å². The normalized spacial score (nSPS) is 11.6. The first kappa shape index (κ1) is 15.1. The van der Waals surface area contributed by atoms with Gasteiger partial charge in [0, 0.05) is 11.5 Å². The number of nitrogens with zero attached hydrogens (tertiary/aromatic N) is 1. The number of halogens is 2. The topological polar surface area (TPSA) is 63.7 Å². The fraction of sp³-hybridized carbons (Fsp3) is 0.300. The van der Waals surface area contributed by atoms with E-state index >= 15 is 0 Å². The molecule has 0 radical (unpaired) electrons. The van der Waals surface area contributed by atoms with Gasteiger partial charge in [-0.1, -0.05) is 15.9 Å². The van der Waals surface area contributed by atoms with Crippen molar-refractivity contribution in [1.29, 1.82) is 0 Å². The number of hydrogen-bond acceptors (Lipinski definition) is 4. The minimum atomic E-state index is -4.05. The molecule has 0 spiro atoms.